The molecule has 0 fully saturated rings. The second kappa shape index (κ2) is 5.14. The maximum atomic E-state index is 8.76. The molecule has 1 aliphatic rings. The molecule has 2 nitrogen and oxygen atoms in total. The standard InChI is InChI=1S/C14H18N2/c1-12(8-9-15)16-10-4-7-13-5-2-3-6-14(13)11-16/h2-3,5-6,12H,4,7-8,10-11H2,1H3. The van der Waals surface area contributed by atoms with Crippen molar-refractivity contribution >= 4 is 0 Å². The zero-order valence-corrected chi connectivity index (χ0v) is 9.82. The van der Waals surface area contributed by atoms with Gasteiger partial charge in [-0.25, -0.2) is 0 Å². The van der Waals surface area contributed by atoms with E-state index in [1.54, 1.807) is 0 Å². The molecule has 1 atom stereocenters. The molecule has 16 heavy (non-hydrogen) atoms. The van der Waals surface area contributed by atoms with Gasteiger partial charge in [-0.2, -0.15) is 5.26 Å². The maximum Gasteiger partial charge on any atom is 0.0638 e. The lowest BCUT2D eigenvalue weighted by Crippen LogP contribution is -2.32. The second-order valence-corrected chi connectivity index (χ2v) is 4.55. The third-order valence-corrected chi connectivity index (χ3v) is 3.39. The van der Waals surface area contributed by atoms with E-state index in [0.717, 1.165) is 13.1 Å². The van der Waals surface area contributed by atoms with Crippen LogP contribution in [0.2, 0.25) is 0 Å². The summed E-state index contributed by atoms with van der Waals surface area (Å²) in [6.45, 7) is 4.26. The first-order valence-corrected chi connectivity index (χ1v) is 5.99. The van der Waals surface area contributed by atoms with Crippen molar-refractivity contribution in [1.29, 1.82) is 5.26 Å². The van der Waals surface area contributed by atoms with E-state index in [1.807, 2.05) is 0 Å². The first-order chi connectivity index (χ1) is 7.81. The molecule has 0 spiro atoms. The topological polar surface area (TPSA) is 27.0 Å². The van der Waals surface area contributed by atoms with Crippen molar-refractivity contribution in [3.05, 3.63) is 35.4 Å². The molecule has 1 aromatic rings. The van der Waals surface area contributed by atoms with Gasteiger partial charge in [-0.3, -0.25) is 4.90 Å². The summed E-state index contributed by atoms with van der Waals surface area (Å²) in [6, 6.07) is 11.3. The van der Waals surface area contributed by atoms with Crippen LogP contribution >= 0.6 is 0 Å². The average Bonchev–Trinajstić information content (AvgIpc) is 2.51. The van der Waals surface area contributed by atoms with Crippen LogP contribution in [-0.4, -0.2) is 17.5 Å². The molecule has 0 aliphatic carbocycles. The molecule has 0 amide bonds. The van der Waals surface area contributed by atoms with Crippen LogP contribution in [-0.2, 0) is 13.0 Å². The van der Waals surface area contributed by atoms with Gasteiger partial charge in [-0.15, -0.1) is 0 Å². The van der Waals surface area contributed by atoms with E-state index in [4.69, 9.17) is 5.26 Å². The lowest BCUT2D eigenvalue weighted by atomic mass is 10.0. The minimum atomic E-state index is 0.371. The van der Waals surface area contributed by atoms with Crippen molar-refractivity contribution in [2.24, 2.45) is 0 Å². The normalized spacial score (nSPS) is 18.2. The molecule has 1 aliphatic heterocycles. The number of hydrogen-bond donors (Lipinski definition) is 0. The van der Waals surface area contributed by atoms with Gasteiger partial charge in [0.05, 0.1) is 12.5 Å². The summed E-state index contributed by atoms with van der Waals surface area (Å²) in [7, 11) is 0. The predicted molar refractivity (Wildman–Crippen MR) is 64.9 cm³/mol. The number of fused-ring (bicyclic) bond motifs is 1. The monoisotopic (exact) mass is 214 g/mol. The number of rotatable bonds is 2. The highest BCUT2D eigenvalue weighted by Gasteiger charge is 2.18. The predicted octanol–water partition coefficient (Wildman–Crippen LogP) is 2.74. The maximum absolute atomic E-state index is 8.76. The van der Waals surface area contributed by atoms with Gasteiger partial charge >= 0.3 is 0 Å². The summed E-state index contributed by atoms with van der Waals surface area (Å²) < 4.78 is 0. The summed E-state index contributed by atoms with van der Waals surface area (Å²) in [4.78, 5) is 2.43. The lowest BCUT2D eigenvalue weighted by molar-refractivity contribution is 0.205. The number of nitrogens with zero attached hydrogens (tertiary/aromatic N) is 2. The van der Waals surface area contributed by atoms with Gasteiger partial charge in [0.15, 0.2) is 0 Å². The average molecular weight is 214 g/mol. The van der Waals surface area contributed by atoms with Crippen LogP contribution < -0.4 is 0 Å². The molecule has 84 valence electrons. The Kier molecular flexibility index (Phi) is 3.58. The third-order valence-electron chi connectivity index (χ3n) is 3.39. The summed E-state index contributed by atoms with van der Waals surface area (Å²) >= 11 is 0. The lowest BCUT2D eigenvalue weighted by Gasteiger charge is -2.26. The molecular formula is C14H18N2. The number of nitriles is 1. The molecular weight excluding hydrogens is 196 g/mol. The van der Waals surface area contributed by atoms with Gasteiger partial charge in [-0.1, -0.05) is 24.3 Å². The zero-order valence-electron chi connectivity index (χ0n) is 9.82. The molecule has 1 unspecified atom stereocenters. The Morgan fingerprint density at radius 1 is 1.38 bits per heavy atom. The van der Waals surface area contributed by atoms with E-state index in [1.165, 1.54) is 24.0 Å². The van der Waals surface area contributed by atoms with Crippen LogP contribution in [0.4, 0.5) is 0 Å². The van der Waals surface area contributed by atoms with Crippen molar-refractivity contribution in [2.45, 2.75) is 38.8 Å². The van der Waals surface area contributed by atoms with Crippen LogP contribution in [0.25, 0.3) is 0 Å². The van der Waals surface area contributed by atoms with Crippen molar-refractivity contribution in [3.8, 4) is 6.07 Å². The second-order valence-electron chi connectivity index (χ2n) is 4.55. The molecule has 0 aromatic heterocycles. The molecule has 0 bridgehead atoms. The molecule has 0 radical (unpaired) electrons. The van der Waals surface area contributed by atoms with Gasteiger partial charge < -0.3 is 0 Å². The fourth-order valence-electron chi connectivity index (χ4n) is 2.36. The molecule has 2 heteroatoms. The Hall–Kier alpha value is -1.33. The van der Waals surface area contributed by atoms with Crippen LogP contribution in [0, 0.1) is 11.3 Å². The van der Waals surface area contributed by atoms with E-state index in [9.17, 15) is 0 Å². The number of benzene rings is 1. The fraction of sp³-hybridized carbons (Fsp3) is 0.500. The van der Waals surface area contributed by atoms with E-state index in [0.29, 0.717) is 12.5 Å². The molecule has 0 saturated heterocycles. The summed E-state index contributed by atoms with van der Waals surface area (Å²) in [5.74, 6) is 0. The van der Waals surface area contributed by atoms with Crippen LogP contribution in [0.1, 0.15) is 30.9 Å². The van der Waals surface area contributed by atoms with Gasteiger partial charge in [0, 0.05) is 12.6 Å². The van der Waals surface area contributed by atoms with E-state index >= 15 is 0 Å². The zero-order chi connectivity index (χ0) is 11.4. The van der Waals surface area contributed by atoms with Gasteiger partial charge in [0.25, 0.3) is 0 Å². The Balaban J connectivity index is 2.14. The molecule has 0 N–H and O–H groups in total. The Bertz CT molecular complexity index is 392. The highest BCUT2D eigenvalue weighted by atomic mass is 15.1. The molecule has 2 rings (SSSR count). The fourth-order valence-corrected chi connectivity index (χ4v) is 2.36. The molecule has 1 heterocycles. The van der Waals surface area contributed by atoms with E-state index in [2.05, 4.69) is 42.2 Å². The van der Waals surface area contributed by atoms with Crippen LogP contribution in [0.5, 0.6) is 0 Å². The minimum Gasteiger partial charge on any atom is -0.295 e. The first-order valence-electron chi connectivity index (χ1n) is 5.99. The third kappa shape index (κ3) is 2.43. The minimum absolute atomic E-state index is 0.371. The smallest absolute Gasteiger partial charge is 0.0638 e. The SMILES string of the molecule is CC(CC#N)N1CCCc2ccccc2C1. The Morgan fingerprint density at radius 2 is 2.12 bits per heavy atom. The van der Waals surface area contributed by atoms with E-state index < -0.39 is 0 Å². The van der Waals surface area contributed by atoms with Crippen LogP contribution in [0.3, 0.4) is 0 Å². The largest absolute Gasteiger partial charge is 0.295 e. The summed E-state index contributed by atoms with van der Waals surface area (Å²) in [5, 5.41) is 8.76. The van der Waals surface area contributed by atoms with Gasteiger partial charge in [0.2, 0.25) is 0 Å². The van der Waals surface area contributed by atoms with Crippen molar-refractivity contribution in [3.63, 3.8) is 0 Å². The molecule has 1 aromatic carbocycles. The summed E-state index contributed by atoms with van der Waals surface area (Å²) in [5.41, 5.74) is 2.92. The van der Waals surface area contributed by atoms with Gasteiger partial charge in [0.1, 0.15) is 0 Å². The van der Waals surface area contributed by atoms with Crippen molar-refractivity contribution in [1.82, 2.24) is 4.90 Å². The van der Waals surface area contributed by atoms with E-state index in [-0.39, 0.29) is 0 Å². The van der Waals surface area contributed by atoms with Crippen molar-refractivity contribution < 1.29 is 0 Å². The highest BCUT2D eigenvalue weighted by molar-refractivity contribution is 5.28. The number of hydrogen-bond acceptors (Lipinski definition) is 2. The van der Waals surface area contributed by atoms with Crippen LogP contribution in [0.15, 0.2) is 24.3 Å². The number of aryl methyl sites for hydroxylation is 1. The summed E-state index contributed by atoms with van der Waals surface area (Å²) in [6.07, 6.45) is 3.00. The molecule has 0 saturated carbocycles. The highest BCUT2D eigenvalue weighted by Crippen LogP contribution is 2.20. The van der Waals surface area contributed by atoms with Gasteiger partial charge in [-0.05, 0) is 37.4 Å². The Labute approximate surface area is 97.5 Å². The van der Waals surface area contributed by atoms with Crippen molar-refractivity contribution in [2.75, 3.05) is 6.54 Å². The first kappa shape index (κ1) is 11.2. The Morgan fingerprint density at radius 3 is 2.88 bits per heavy atom. The quantitative estimate of drug-likeness (QED) is 0.757.